The van der Waals surface area contributed by atoms with E-state index in [4.69, 9.17) is 4.84 Å². The van der Waals surface area contributed by atoms with Crippen molar-refractivity contribution in [3.05, 3.63) is 11.3 Å². The number of carbonyl (C=O) groups excluding carboxylic acids is 1. The van der Waals surface area contributed by atoms with Gasteiger partial charge in [0.2, 0.25) is 0 Å². The van der Waals surface area contributed by atoms with Gasteiger partial charge in [0.25, 0.3) is 0 Å². The first-order valence-electron chi connectivity index (χ1n) is 8.56. The summed E-state index contributed by atoms with van der Waals surface area (Å²) in [6.45, 7) is 4.28. The van der Waals surface area contributed by atoms with E-state index >= 15 is 0 Å². The zero-order valence-corrected chi connectivity index (χ0v) is 14.9. The number of oxime groups is 1. The molecule has 0 bridgehead atoms. The molecule has 1 aliphatic heterocycles. The molecule has 6 heteroatoms. The van der Waals surface area contributed by atoms with Gasteiger partial charge in [-0.1, -0.05) is 18.5 Å². The summed E-state index contributed by atoms with van der Waals surface area (Å²) >= 11 is 0. The number of allylic oxidation sites excluding steroid dienone is 2. The van der Waals surface area contributed by atoms with Crippen LogP contribution in [0.25, 0.3) is 0 Å². The maximum absolute atomic E-state index is 12.6. The molecular weight excluding hydrogens is 314 g/mol. The van der Waals surface area contributed by atoms with E-state index in [9.17, 15) is 14.1 Å². The van der Waals surface area contributed by atoms with Gasteiger partial charge in [0.1, 0.15) is 12.4 Å². The van der Waals surface area contributed by atoms with Crippen molar-refractivity contribution in [2.75, 3.05) is 18.1 Å². The first kappa shape index (κ1) is 18.2. The molecule has 0 radical (unpaired) electrons. The van der Waals surface area contributed by atoms with E-state index in [1.54, 1.807) is 0 Å². The van der Waals surface area contributed by atoms with Crippen molar-refractivity contribution in [1.82, 2.24) is 0 Å². The lowest BCUT2D eigenvalue weighted by atomic mass is 9.76. The Morgan fingerprint density at radius 1 is 1.35 bits per heavy atom. The lowest BCUT2D eigenvalue weighted by Crippen LogP contribution is -2.33. The summed E-state index contributed by atoms with van der Waals surface area (Å²) < 4.78 is 11.8. The maximum Gasteiger partial charge on any atom is 0.168 e. The molecule has 2 rings (SSSR count). The molecule has 0 aromatic rings. The Kier molecular flexibility index (Phi) is 6.81. The molecule has 0 saturated carbocycles. The molecule has 23 heavy (non-hydrogen) atoms. The monoisotopic (exact) mass is 341 g/mol. The minimum Gasteiger partial charge on any atom is -0.511 e. The number of nitrogens with zero attached hydrogens (tertiary/aromatic N) is 1. The summed E-state index contributed by atoms with van der Waals surface area (Å²) in [6.07, 6.45) is 4.30. The van der Waals surface area contributed by atoms with Gasteiger partial charge in [-0.05, 0) is 38.0 Å². The normalized spacial score (nSPS) is 29.7. The number of rotatable bonds is 6. The highest BCUT2D eigenvalue weighted by atomic mass is 32.2. The van der Waals surface area contributed by atoms with Gasteiger partial charge in [-0.15, -0.1) is 0 Å². The van der Waals surface area contributed by atoms with E-state index in [2.05, 4.69) is 5.16 Å². The minimum atomic E-state index is -0.772. The van der Waals surface area contributed by atoms with Crippen molar-refractivity contribution in [2.45, 2.75) is 52.4 Å². The Morgan fingerprint density at radius 3 is 2.74 bits per heavy atom. The molecule has 1 saturated heterocycles. The third-order valence-electron chi connectivity index (χ3n) is 4.56. The predicted octanol–water partition coefficient (Wildman–Crippen LogP) is 3.13. The fourth-order valence-electron chi connectivity index (χ4n) is 3.46. The Balaban J connectivity index is 2.17. The summed E-state index contributed by atoms with van der Waals surface area (Å²) in [6, 6.07) is 0. The smallest absolute Gasteiger partial charge is 0.168 e. The second kappa shape index (κ2) is 8.62. The minimum absolute atomic E-state index is 0.0537. The van der Waals surface area contributed by atoms with Crippen LogP contribution in [-0.2, 0) is 20.4 Å². The van der Waals surface area contributed by atoms with Crippen LogP contribution < -0.4 is 0 Å². The molecule has 1 heterocycles. The van der Waals surface area contributed by atoms with Gasteiger partial charge in [-0.25, -0.2) is 0 Å². The number of Topliss-reactive ketones (excluding diaryl/α,β-unsaturated/α-hetero) is 1. The van der Waals surface area contributed by atoms with Crippen LogP contribution >= 0.6 is 0 Å². The van der Waals surface area contributed by atoms with E-state index in [1.807, 2.05) is 13.8 Å². The van der Waals surface area contributed by atoms with Gasteiger partial charge in [0.15, 0.2) is 5.78 Å². The largest absolute Gasteiger partial charge is 0.511 e. The molecule has 1 N–H and O–H groups in total. The summed E-state index contributed by atoms with van der Waals surface area (Å²) in [7, 11) is -0.772. The Labute approximate surface area is 140 Å². The number of aliphatic hydroxyl groups is 1. The van der Waals surface area contributed by atoms with Crippen molar-refractivity contribution in [3.8, 4) is 0 Å². The Morgan fingerprint density at radius 2 is 2.13 bits per heavy atom. The van der Waals surface area contributed by atoms with E-state index in [-0.39, 0.29) is 23.4 Å². The van der Waals surface area contributed by atoms with Crippen molar-refractivity contribution < 1.29 is 18.9 Å². The maximum atomic E-state index is 12.6. The molecule has 3 atom stereocenters. The number of aliphatic hydroxyl groups excluding tert-OH is 1. The topological polar surface area (TPSA) is 76.0 Å². The van der Waals surface area contributed by atoms with Crippen molar-refractivity contribution in [3.63, 3.8) is 0 Å². The lowest BCUT2D eigenvalue weighted by molar-refractivity contribution is -0.117. The molecule has 130 valence electrons. The van der Waals surface area contributed by atoms with Crippen LogP contribution in [0, 0.1) is 11.8 Å². The molecule has 0 aromatic heterocycles. The summed E-state index contributed by atoms with van der Waals surface area (Å²) in [5.41, 5.74) is 0.913. The molecular formula is C17H27NO4S. The predicted molar refractivity (Wildman–Crippen MR) is 92.0 cm³/mol. The summed E-state index contributed by atoms with van der Waals surface area (Å²) in [4.78, 5) is 17.7. The van der Waals surface area contributed by atoms with Crippen molar-refractivity contribution >= 4 is 22.3 Å². The molecule has 0 amide bonds. The molecule has 5 nitrogen and oxygen atoms in total. The van der Waals surface area contributed by atoms with E-state index < -0.39 is 10.8 Å². The molecule has 0 aromatic carbocycles. The van der Waals surface area contributed by atoms with Crippen molar-refractivity contribution in [1.29, 1.82) is 0 Å². The van der Waals surface area contributed by atoms with Crippen molar-refractivity contribution in [2.24, 2.45) is 17.0 Å². The Hall–Kier alpha value is -1.17. The molecule has 1 aliphatic carbocycles. The fourth-order valence-corrected chi connectivity index (χ4v) is 5.04. The van der Waals surface area contributed by atoms with Gasteiger partial charge in [-0.3, -0.25) is 9.00 Å². The second-order valence-electron chi connectivity index (χ2n) is 6.33. The molecule has 1 fully saturated rings. The van der Waals surface area contributed by atoms with Crippen LogP contribution in [0.2, 0.25) is 0 Å². The van der Waals surface area contributed by atoms with Crippen LogP contribution in [-0.4, -0.2) is 38.9 Å². The van der Waals surface area contributed by atoms with Crippen LogP contribution in [0.15, 0.2) is 16.5 Å². The highest BCUT2D eigenvalue weighted by Crippen LogP contribution is 2.36. The fraction of sp³-hybridized carbons (Fsp3) is 0.765. The third kappa shape index (κ3) is 4.66. The van der Waals surface area contributed by atoms with Crippen LogP contribution in [0.1, 0.15) is 52.4 Å². The van der Waals surface area contributed by atoms with Crippen LogP contribution in [0.3, 0.4) is 0 Å². The zero-order valence-electron chi connectivity index (χ0n) is 14.0. The van der Waals surface area contributed by atoms with Gasteiger partial charge in [0, 0.05) is 35.1 Å². The lowest BCUT2D eigenvalue weighted by Gasteiger charge is -2.32. The summed E-state index contributed by atoms with van der Waals surface area (Å²) in [5.74, 6) is 1.89. The van der Waals surface area contributed by atoms with Crippen LogP contribution in [0.5, 0.6) is 0 Å². The highest BCUT2D eigenvalue weighted by molar-refractivity contribution is 7.85. The van der Waals surface area contributed by atoms with E-state index in [0.29, 0.717) is 42.9 Å². The standard InChI is InChI=1S/C17H27NO4S/c1-3-6-14(18-22-4-2)17-15(19)9-13(10-16(17)20)12-7-5-8-23(21)11-12/h12-13,19H,3-11H2,1-2H3/b18-14+. The van der Waals surface area contributed by atoms with Gasteiger partial charge in [0.05, 0.1) is 11.3 Å². The van der Waals surface area contributed by atoms with Gasteiger partial charge >= 0.3 is 0 Å². The van der Waals surface area contributed by atoms with Gasteiger partial charge in [-0.2, -0.15) is 0 Å². The zero-order chi connectivity index (χ0) is 16.8. The second-order valence-corrected chi connectivity index (χ2v) is 7.95. The third-order valence-corrected chi connectivity index (χ3v) is 6.11. The average Bonchev–Trinajstić information content (AvgIpc) is 2.51. The van der Waals surface area contributed by atoms with E-state index in [1.165, 1.54) is 0 Å². The number of hydrogen-bond donors (Lipinski definition) is 1. The number of hydrogen-bond acceptors (Lipinski definition) is 5. The molecule has 0 spiro atoms. The highest BCUT2D eigenvalue weighted by Gasteiger charge is 2.36. The first-order chi connectivity index (χ1) is 11.1. The Bertz CT molecular complexity index is 527. The molecule has 3 unspecified atom stereocenters. The number of ketones is 1. The summed E-state index contributed by atoms with van der Waals surface area (Å²) in [5, 5.41) is 14.5. The van der Waals surface area contributed by atoms with E-state index in [0.717, 1.165) is 25.0 Å². The quantitative estimate of drug-likeness (QED) is 0.595. The van der Waals surface area contributed by atoms with Gasteiger partial charge < -0.3 is 9.94 Å². The SMILES string of the molecule is CCC/C(=N\OCC)C1=C(O)CC(C2CCCS(=O)C2)CC1=O. The average molecular weight is 341 g/mol. The molecule has 2 aliphatic rings. The number of carbonyl (C=O) groups is 1. The first-order valence-corrected chi connectivity index (χ1v) is 10.0. The van der Waals surface area contributed by atoms with Crippen LogP contribution in [0.4, 0.5) is 0 Å².